The number of benzene rings is 1. The number of halogens is 1. The minimum absolute atomic E-state index is 0.0238. The predicted molar refractivity (Wildman–Crippen MR) is 104 cm³/mol. The van der Waals surface area contributed by atoms with E-state index in [1.54, 1.807) is 19.1 Å². The monoisotopic (exact) mass is 385 g/mol. The third-order valence-corrected chi connectivity index (χ3v) is 7.59. The smallest absolute Gasteiger partial charge is 0.227 e. The van der Waals surface area contributed by atoms with Crippen LogP contribution in [0.15, 0.2) is 22.7 Å². The van der Waals surface area contributed by atoms with Crippen molar-refractivity contribution in [3.63, 3.8) is 0 Å². The van der Waals surface area contributed by atoms with Gasteiger partial charge in [0.2, 0.25) is 17.6 Å². The summed E-state index contributed by atoms with van der Waals surface area (Å²) in [6, 6.07) is 5.08. The number of carbonyl (C=O) groups is 1. The molecule has 5 nitrogen and oxygen atoms in total. The maximum Gasteiger partial charge on any atom is 0.227 e. The number of hydrogen-bond donors (Lipinski definition) is 1. The van der Waals surface area contributed by atoms with Gasteiger partial charge in [0.15, 0.2) is 0 Å². The minimum Gasteiger partial charge on any atom is -0.353 e. The highest BCUT2D eigenvalue weighted by Gasteiger charge is 2.61. The molecule has 150 valence electrons. The largest absolute Gasteiger partial charge is 0.353 e. The van der Waals surface area contributed by atoms with Crippen molar-refractivity contribution in [2.24, 2.45) is 16.7 Å². The molecule has 6 heteroatoms. The lowest BCUT2D eigenvalue weighted by atomic mass is 9.69. The summed E-state index contributed by atoms with van der Waals surface area (Å²) >= 11 is 0. The van der Waals surface area contributed by atoms with E-state index in [9.17, 15) is 9.18 Å². The molecule has 1 aromatic carbocycles. The molecule has 2 fully saturated rings. The molecular formula is C22H28FN3O2. The molecule has 2 saturated carbocycles. The van der Waals surface area contributed by atoms with Gasteiger partial charge in [0, 0.05) is 24.4 Å². The Hall–Kier alpha value is -2.24. The van der Waals surface area contributed by atoms with Crippen molar-refractivity contribution in [2.45, 2.75) is 65.8 Å². The Kier molecular flexibility index (Phi) is 4.55. The number of carbonyl (C=O) groups excluding carboxylic acids is 1. The lowest BCUT2D eigenvalue weighted by Gasteiger charge is -2.39. The highest BCUT2D eigenvalue weighted by atomic mass is 19.1. The topological polar surface area (TPSA) is 68.0 Å². The SMILES string of the molecule is Cc1ccc(-c2noc(CCC(=O)NC3CC4CCC3(C)C4(C)C)n2)cc1F. The Bertz CT molecular complexity index is 907. The first kappa shape index (κ1) is 19.1. The number of fused-ring (bicyclic) bond motifs is 2. The Morgan fingerprint density at radius 1 is 1.36 bits per heavy atom. The van der Waals surface area contributed by atoms with Gasteiger partial charge in [-0.05, 0) is 54.6 Å². The molecule has 0 radical (unpaired) electrons. The number of rotatable bonds is 5. The van der Waals surface area contributed by atoms with Gasteiger partial charge < -0.3 is 9.84 Å². The summed E-state index contributed by atoms with van der Waals surface area (Å²) in [5.41, 5.74) is 1.58. The zero-order valence-electron chi connectivity index (χ0n) is 17.0. The molecule has 0 aliphatic heterocycles. The first-order valence-electron chi connectivity index (χ1n) is 10.1. The highest BCUT2D eigenvalue weighted by Crippen LogP contribution is 2.65. The van der Waals surface area contributed by atoms with Gasteiger partial charge in [-0.2, -0.15) is 4.98 Å². The first-order valence-corrected chi connectivity index (χ1v) is 10.1. The summed E-state index contributed by atoms with van der Waals surface area (Å²) in [4.78, 5) is 16.8. The Balaban J connectivity index is 1.35. The van der Waals surface area contributed by atoms with Crippen LogP contribution in [0.25, 0.3) is 11.4 Å². The molecule has 1 heterocycles. The van der Waals surface area contributed by atoms with Crippen molar-refractivity contribution < 1.29 is 13.7 Å². The average Bonchev–Trinajstić information content (AvgIpc) is 3.25. The van der Waals surface area contributed by atoms with Crippen LogP contribution in [0.5, 0.6) is 0 Å². The van der Waals surface area contributed by atoms with Crippen LogP contribution in [0.4, 0.5) is 4.39 Å². The summed E-state index contributed by atoms with van der Waals surface area (Å²) in [6.45, 7) is 8.70. The van der Waals surface area contributed by atoms with Crippen LogP contribution in [0, 0.1) is 29.5 Å². The molecule has 4 rings (SSSR count). The molecule has 3 unspecified atom stereocenters. The van der Waals surface area contributed by atoms with Crippen LogP contribution in [-0.2, 0) is 11.2 Å². The predicted octanol–water partition coefficient (Wildman–Crippen LogP) is 4.45. The molecule has 2 aromatic rings. The quantitative estimate of drug-likeness (QED) is 0.826. The summed E-state index contributed by atoms with van der Waals surface area (Å²) < 4.78 is 19.0. The normalized spacial score (nSPS) is 27.9. The van der Waals surface area contributed by atoms with Crippen LogP contribution < -0.4 is 5.32 Å². The molecule has 0 spiro atoms. The van der Waals surface area contributed by atoms with Crippen molar-refractivity contribution in [2.75, 3.05) is 0 Å². The maximum atomic E-state index is 13.7. The number of hydrogen-bond acceptors (Lipinski definition) is 4. The van der Waals surface area contributed by atoms with Crippen LogP contribution >= 0.6 is 0 Å². The summed E-state index contributed by atoms with van der Waals surface area (Å²) in [5.74, 6) is 1.15. The Morgan fingerprint density at radius 3 is 2.79 bits per heavy atom. The second kappa shape index (κ2) is 6.68. The lowest BCUT2D eigenvalue weighted by molar-refractivity contribution is -0.122. The van der Waals surface area contributed by atoms with E-state index in [4.69, 9.17) is 4.52 Å². The molecule has 3 atom stereocenters. The van der Waals surface area contributed by atoms with Gasteiger partial charge in [-0.3, -0.25) is 4.79 Å². The maximum absolute atomic E-state index is 13.7. The zero-order chi connectivity index (χ0) is 20.1. The average molecular weight is 385 g/mol. The zero-order valence-corrected chi connectivity index (χ0v) is 17.0. The number of nitrogens with one attached hydrogen (secondary N) is 1. The lowest BCUT2D eigenvalue weighted by Crippen LogP contribution is -2.46. The number of nitrogens with zero attached hydrogens (tertiary/aromatic N) is 2. The number of amides is 1. The summed E-state index contributed by atoms with van der Waals surface area (Å²) in [5, 5.41) is 7.17. The van der Waals surface area contributed by atoms with Crippen LogP contribution in [0.2, 0.25) is 0 Å². The molecule has 28 heavy (non-hydrogen) atoms. The third-order valence-electron chi connectivity index (χ3n) is 7.59. The molecule has 1 aromatic heterocycles. The first-order chi connectivity index (χ1) is 13.2. The van der Waals surface area contributed by atoms with Crippen LogP contribution in [0.3, 0.4) is 0 Å². The highest BCUT2D eigenvalue weighted by molar-refractivity contribution is 5.76. The molecule has 2 bridgehead atoms. The third kappa shape index (κ3) is 3.03. The summed E-state index contributed by atoms with van der Waals surface area (Å²) in [7, 11) is 0. The van der Waals surface area contributed by atoms with Gasteiger partial charge in [-0.25, -0.2) is 4.39 Å². The second-order valence-electron chi connectivity index (χ2n) is 9.21. The van der Waals surface area contributed by atoms with Crippen molar-refractivity contribution in [1.82, 2.24) is 15.5 Å². The van der Waals surface area contributed by atoms with Crippen molar-refractivity contribution in [3.8, 4) is 11.4 Å². The van der Waals surface area contributed by atoms with Crippen molar-refractivity contribution >= 4 is 5.91 Å². The minimum atomic E-state index is -0.300. The van der Waals surface area contributed by atoms with Gasteiger partial charge in [-0.1, -0.05) is 38.1 Å². The second-order valence-corrected chi connectivity index (χ2v) is 9.21. The molecule has 1 amide bonds. The Labute approximate surface area is 165 Å². The standard InChI is InChI=1S/C22H28FN3O2/c1-13-5-6-14(11-16(13)23)20-25-19(28-26-20)8-7-18(27)24-17-12-15-9-10-22(17,4)21(15,2)3/h5-6,11,15,17H,7-10,12H2,1-4H3,(H,24,27). The summed E-state index contributed by atoms with van der Waals surface area (Å²) in [6.07, 6.45) is 4.19. The van der Waals surface area contributed by atoms with Gasteiger partial charge in [0.05, 0.1) is 0 Å². The molecule has 2 aliphatic rings. The molecule has 0 saturated heterocycles. The molecule has 2 aliphatic carbocycles. The van der Waals surface area contributed by atoms with E-state index < -0.39 is 0 Å². The van der Waals surface area contributed by atoms with Gasteiger partial charge >= 0.3 is 0 Å². The fourth-order valence-corrected chi connectivity index (χ4v) is 5.11. The van der Waals surface area contributed by atoms with Crippen molar-refractivity contribution in [1.29, 1.82) is 0 Å². The van der Waals surface area contributed by atoms with E-state index in [-0.39, 0.29) is 28.6 Å². The van der Waals surface area contributed by atoms with E-state index in [2.05, 4.69) is 36.2 Å². The van der Waals surface area contributed by atoms with E-state index >= 15 is 0 Å². The van der Waals surface area contributed by atoms with Crippen molar-refractivity contribution in [3.05, 3.63) is 35.5 Å². The van der Waals surface area contributed by atoms with E-state index in [1.807, 2.05) is 0 Å². The molecule has 1 N–H and O–H groups in total. The van der Waals surface area contributed by atoms with E-state index in [1.165, 1.54) is 18.9 Å². The van der Waals surface area contributed by atoms with Gasteiger partial charge in [0.25, 0.3) is 0 Å². The van der Waals surface area contributed by atoms with E-state index in [0.29, 0.717) is 41.6 Å². The Morgan fingerprint density at radius 2 is 2.14 bits per heavy atom. The van der Waals surface area contributed by atoms with Gasteiger partial charge in [0.1, 0.15) is 5.82 Å². The van der Waals surface area contributed by atoms with Crippen LogP contribution in [-0.4, -0.2) is 22.1 Å². The number of aromatic nitrogens is 2. The fraction of sp³-hybridized carbons (Fsp3) is 0.591. The number of aryl methyl sites for hydroxylation is 2. The van der Waals surface area contributed by atoms with Gasteiger partial charge in [-0.15, -0.1) is 0 Å². The fourth-order valence-electron chi connectivity index (χ4n) is 5.11. The molecular weight excluding hydrogens is 357 g/mol. The van der Waals surface area contributed by atoms with E-state index in [0.717, 1.165) is 6.42 Å². The van der Waals surface area contributed by atoms with Crippen LogP contribution in [0.1, 0.15) is 57.9 Å².